The molecular weight excluding hydrogens is 308 g/mol. The summed E-state index contributed by atoms with van der Waals surface area (Å²) in [6.45, 7) is 5.76. The Bertz CT molecular complexity index is 700. The van der Waals surface area contributed by atoms with E-state index in [1.807, 2.05) is 0 Å². The first-order valence-corrected chi connectivity index (χ1v) is 9.48. The second-order valence-corrected chi connectivity index (χ2v) is 7.37. The first-order chi connectivity index (χ1) is 12.3. The van der Waals surface area contributed by atoms with Gasteiger partial charge in [-0.1, -0.05) is 36.4 Å². The number of fused-ring (bicyclic) bond motifs is 1. The third-order valence-corrected chi connectivity index (χ3v) is 5.70. The molecule has 0 amide bonds. The maximum atomic E-state index is 5.37. The number of hydrogen-bond acceptors (Lipinski definition) is 3. The van der Waals surface area contributed by atoms with Crippen molar-refractivity contribution in [1.82, 2.24) is 9.80 Å². The van der Waals surface area contributed by atoms with Crippen LogP contribution in [0.25, 0.3) is 0 Å². The Morgan fingerprint density at radius 2 is 1.92 bits per heavy atom. The highest BCUT2D eigenvalue weighted by atomic mass is 16.5. The lowest BCUT2D eigenvalue weighted by Crippen LogP contribution is -2.42. The van der Waals surface area contributed by atoms with Gasteiger partial charge in [-0.3, -0.25) is 9.80 Å². The van der Waals surface area contributed by atoms with Gasteiger partial charge in [0.1, 0.15) is 5.75 Å². The van der Waals surface area contributed by atoms with E-state index in [1.54, 1.807) is 7.11 Å². The summed E-state index contributed by atoms with van der Waals surface area (Å²) >= 11 is 0. The first kappa shape index (κ1) is 16.6. The van der Waals surface area contributed by atoms with Crippen LogP contribution in [0.3, 0.4) is 0 Å². The van der Waals surface area contributed by atoms with Crippen LogP contribution in [0, 0.1) is 0 Å². The van der Waals surface area contributed by atoms with Crippen molar-refractivity contribution in [2.45, 2.75) is 38.4 Å². The van der Waals surface area contributed by atoms with Crippen LogP contribution in [0.2, 0.25) is 0 Å². The first-order valence-electron chi connectivity index (χ1n) is 9.48. The van der Waals surface area contributed by atoms with Crippen LogP contribution in [-0.2, 0) is 19.5 Å². The Labute approximate surface area is 151 Å². The Kier molecular flexibility index (Phi) is 5.04. The van der Waals surface area contributed by atoms with Crippen molar-refractivity contribution < 1.29 is 4.74 Å². The molecular formula is C22H28N2O. The molecule has 2 aliphatic rings. The van der Waals surface area contributed by atoms with Gasteiger partial charge in [0.05, 0.1) is 7.11 Å². The molecule has 1 atom stereocenters. The van der Waals surface area contributed by atoms with Gasteiger partial charge in [0, 0.05) is 32.2 Å². The smallest absolute Gasteiger partial charge is 0.119 e. The summed E-state index contributed by atoms with van der Waals surface area (Å²) in [5, 5.41) is 0. The zero-order chi connectivity index (χ0) is 17.1. The third-order valence-electron chi connectivity index (χ3n) is 5.70. The number of likely N-dealkylation sites (tertiary alicyclic amines) is 1. The van der Waals surface area contributed by atoms with Gasteiger partial charge >= 0.3 is 0 Å². The predicted molar refractivity (Wildman–Crippen MR) is 102 cm³/mol. The monoisotopic (exact) mass is 336 g/mol. The molecule has 0 aliphatic carbocycles. The maximum Gasteiger partial charge on any atom is 0.119 e. The number of nitrogens with zero attached hydrogens (tertiary/aromatic N) is 2. The van der Waals surface area contributed by atoms with Crippen molar-refractivity contribution in [2.75, 3.05) is 26.7 Å². The van der Waals surface area contributed by atoms with Crippen LogP contribution in [0.4, 0.5) is 0 Å². The molecule has 0 bridgehead atoms. The SMILES string of the molecule is COc1ccc2c(c1)CCN(C[C@H]1CCCN1Cc1ccccc1)C2. The van der Waals surface area contributed by atoms with Crippen molar-refractivity contribution in [1.29, 1.82) is 0 Å². The van der Waals surface area contributed by atoms with E-state index in [4.69, 9.17) is 4.74 Å². The average molecular weight is 336 g/mol. The summed E-state index contributed by atoms with van der Waals surface area (Å²) in [7, 11) is 1.75. The zero-order valence-corrected chi connectivity index (χ0v) is 15.2. The normalized spacial score (nSPS) is 21.2. The number of ether oxygens (including phenoxy) is 1. The van der Waals surface area contributed by atoms with Crippen molar-refractivity contribution in [3.8, 4) is 5.75 Å². The molecule has 3 nitrogen and oxygen atoms in total. The highest BCUT2D eigenvalue weighted by molar-refractivity contribution is 5.37. The average Bonchev–Trinajstić information content (AvgIpc) is 3.08. The molecule has 2 aromatic carbocycles. The fourth-order valence-electron chi connectivity index (χ4n) is 4.30. The Morgan fingerprint density at radius 3 is 2.76 bits per heavy atom. The van der Waals surface area contributed by atoms with E-state index in [2.05, 4.69) is 58.3 Å². The minimum absolute atomic E-state index is 0.694. The molecule has 2 aromatic rings. The number of hydrogen-bond donors (Lipinski definition) is 0. The fraction of sp³-hybridized carbons (Fsp3) is 0.455. The van der Waals surface area contributed by atoms with E-state index >= 15 is 0 Å². The van der Waals surface area contributed by atoms with Crippen LogP contribution in [0.5, 0.6) is 5.75 Å². The second-order valence-electron chi connectivity index (χ2n) is 7.37. The molecule has 2 aliphatic heterocycles. The Morgan fingerprint density at radius 1 is 1.04 bits per heavy atom. The van der Waals surface area contributed by atoms with Crippen LogP contribution >= 0.6 is 0 Å². The summed E-state index contributed by atoms with van der Waals surface area (Å²) < 4.78 is 5.37. The standard InChI is InChI=1S/C22H28N2O/c1-25-22-10-9-20-16-23(13-11-19(20)14-22)17-21-8-5-12-24(21)15-18-6-3-2-4-7-18/h2-4,6-7,9-10,14,21H,5,8,11-13,15-17H2,1H3/t21-/m1/s1. The summed E-state index contributed by atoms with van der Waals surface area (Å²) in [6, 6.07) is 18.2. The molecule has 2 heterocycles. The molecule has 1 fully saturated rings. The van der Waals surface area contributed by atoms with Crippen LogP contribution in [-0.4, -0.2) is 42.6 Å². The van der Waals surface area contributed by atoms with Crippen molar-refractivity contribution in [2.24, 2.45) is 0 Å². The van der Waals surface area contributed by atoms with Crippen molar-refractivity contribution in [3.63, 3.8) is 0 Å². The van der Waals surface area contributed by atoms with E-state index in [0.717, 1.165) is 31.8 Å². The number of benzene rings is 2. The highest BCUT2D eigenvalue weighted by Gasteiger charge is 2.27. The van der Waals surface area contributed by atoms with Gasteiger partial charge < -0.3 is 4.74 Å². The van der Waals surface area contributed by atoms with Crippen LogP contribution in [0.1, 0.15) is 29.5 Å². The molecule has 0 unspecified atom stereocenters. The van der Waals surface area contributed by atoms with Gasteiger partial charge in [-0.25, -0.2) is 0 Å². The predicted octanol–water partition coefficient (Wildman–Crippen LogP) is 3.72. The topological polar surface area (TPSA) is 15.7 Å². The molecule has 132 valence electrons. The molecule has 1 saturated heterocycles. The summed E-state index contributed by atoms with van der Waals surface area (Å²) in [6.07, 6.45) is 3.80. The maximum absolute atomic E-state index is 5.37. The van der Waals surface area contributed by atoms with E-state index in [9.17, 15) is 0 Å². The van der Waals surface area contributed by atoms with Gasteiger partial charge in [-0.15, -0.1) is 0 Å². The summed E-state index contributed by atoms with van der Waals surface area (Å²) in [5.74, 6) is 0.983. The highest BCUT2D eigenvalue weighted by Crippen LogP contribution is 2.26. The molecule has 0 N–H and O–H groups in total. The molecule has 0 spiro atoms. The molecule has 25 heavy (non-hydrogen) atoms. The van der Waals surface area contributed by atoms with Crippen LogP contribution in [0.15, 0.2) is 48.5 Å². The van der Waals surface area contributed by atoms with Crippen molar-refractivity contribution >= 4 is 0 Å². The van der Waals surface area contributed by atoms with Gasteiger partial charge in [-0.2, -0.15) is 0 Å². The molecule has 0 radical (unpaired) electrons. The molecule has 3 heteroatoms. The fourth-order valence-corrected chi connectivity index (χ4v) is 4.30. The van der Waals surface area contributed by atoms with Gasteiger partial charge in [0.25, 0.3) is 0 Å². The third kappa shape index (κ3) is 3.88. The van der Waals surface area contributed by atoms with Gasteiger partial charge in [0.2, 0.25) is 0 Å². The quantitative estimate of drug-likeness (QED) is 0.828. The lowest BCUT2D eigenvalue weighted by molar-refractivity contribution is 0.157. The minimum Gasteiger partial charge on any atom is -0.497 e. The van der Waals surface area contributed by atoms with E-state index in [-0.39, 0.29) is 0 Å². The largest absolute Gasteiger partial charge is 0.497 e. The number of rotatable bonds is 5. The second kappa shape index (κ2) is 7.59. The van der Waals surface area contributed by atoms with E-state index in [1.165, 1.54) is 42.6 Å². The Balaban J connectivity index is 1.38. The lowest BCUT2D eigenvalue weighted by atomic mass is 9.99. The molecule has 0 saturated carbocycles. The van der Waals surface area contributed by atoms with E-state index < -0.39 is 0 Å². The van der Waals surface area contributed by atoms with Crippen LogP contribution < -0.4 is 4.74 Å². The summed E-state index contributed by atoms with van der Waals surface area (Å²) in [4.78, 5) is 5.32. The zero-order valence-electron chi connectivity index (χ0n) is 15.2. The molecule has 4 rings (SSSR count). The van der Waals surface area contributed by atoms with Gasteiger partial charge in [0.15, 0.2) is 0 Å². The van der Waals surface area contributed by atoms with E-state index in [0.29, 0.717) is 6.04 Å². The Hall–Kier alpha value is -1.84. The van der Waals surface area contributed by atoms with Crippen molar-refractivity contribution in [3.05, 3.63) is 65.2 Å². The summed E-state index contributed by atoms with van der Waals surface area (Å²) in [5.41, 5.74) is 4.37. The number of methoxy groups -OCH3 is 1. The van der Waals surface area contributed by atoms with Gasteiger partial charge in [-0.05, 0) is 54.6 Å². The molecule has 0 aromatic heterocycles. The minimum atomic E-state index is 0.694. The lowest BCUT2D eigenvalue weighted by Gasteiger charge is -2.34.